The Kier molecular flexibility index (Phi) is 16.2. The Morgan fingerprint density at radius 2 is 1.34 bits per heavy atom. The van der Waals surface area contributed by atoms with Gasteiger partial charge in [0.2, 0.25) is 5.69 Å². The van der Waals surface area contributed by atoms with E-state index in [-0.39, 0.29) is 22.6 Å². The number of allylic oxidation sites excluding steroid dienone is 4. The fourth-order valence-electron chi connectivity index (χ4n) is 7.45. The first-order chi connectivity index (χ1) is 26.1. The molecule has 0 radical (unpaired) electrons. The smallest absolute Gasteiger partial charge is 0.303 e. The summed E-state index contributed by atoms with van der Waals surface area (Å²) in [5, 5.41) is 18.1. The Morgan fingerprint density at radius 1 is 0.786 bits per heavy atom. The summed E-state index contributed by atoms with van der Waals surface area (Å²) in [6.07, 6.45) is 9.65. The van der Waals surface area contributed by atoms with E-state index in [1.807, 2.05) is 45.9 Å². The van der Waals surface area contributed by atoms with Gasteiger partial charge in [-0.05, 0) is 101 Å². The molecule has 2 heterocycles. The second kappa shape index (κ2) is 19.5. The Morgan fingerprint density at radius 3 is 1.86 bits per heavy atom. The fraction of sp³-hybridized carbons (Fsp3) is 0.537. The molecule has 4 rings (SSSR count). The van der Waals surface area contributed by atoms with E-state index < -0.39 is 43.0 Å². The number of hydrogen-bond donors (Lipinski definition) is 3. The molecule has 3 N–H and O–H groups in total. The van der Waals surface area contributed by atoms with Crippen LogP contribution in [0.1, 0.15) is 111 Å². The number of benzene rings is 2. The van der Waals surface area contributed by atoms with Crippen LogP contribution in [-0.2, 0) is 40.7 Å². The van der Waals surface area contributed by atoms with E-state index in [2.05, 4.69) is 35.1 Å². The maximum absolute atomic E-state index is 12.0. The number of carboxylic acids is 2. The average molecular weight is 818 g/mol. The average Bonchev–Trinajstić information content (AvgIpc) is 3.45. The molecule has 0 aromatic heterocycles. The second-order valence-corrected chi connectivity index (χ2v) is 18.0. The Balaban J connectivity index is 0.00000109. The zero-order valence-corrected chi connectivity index (χ0v) is 35.4. The Labute approximate surface area is 332 Å². The molecule has 15 heteroatoms. The lowest BCUT2D eigenvalue weighted by atomic mass is 9.81. The predicted molar refractivity (Wildman–Crippen MR) is 217 cm³/mol. The molecule has 0 saturated carbocycles. The van der Waals surface area contributed by atoms with Crippen molar-refractivity contribution in [2.75, 3.05) is 37.6 Å². The summed E-state index contributed by atoms with van der Waals surface area (Å²) in [5.41, 5.74) is 3.26. The molecule has 2 aromatic rings. The van der Waals surface area contributed by atoms with Crippen molar-refractivity contribution in [1.82, 2.24) is 4.90 Å². The van der Waals surface area contributed by atoms with Gasteiger partial charge in [-0.2, -0.15) is 13.0 Å². The summed E-state index contributed by atoms with van der Waals surface area (Å²) in [7, 11) is -9.14. The van der Waals surface area contributed by atoms with E-state index in [0.717, 1.165) is 22.8 Å². The number of fused-ring (bicyclic) bond motifs is 2. The predicted octanol–water partition coefficient (Wildman–Crippen LogP) is 7.09. The topological polar surface area (TPSA) is 196 Å². The van der Waals surface area contributed by atoms with Gasteiger partial charge in [-0.1, -0.05) is 47.1 Å². The summed E-state index contributed by atoms with van der Waals surface area (Å²) < 4.78 is 71.6. The van der Waals surface area contributed by atoms with Crippen molar-refractivity contribution in [1.29, 1.82) is 0 Å². The molecular weight excluding hydrogens is 759 g/mol. The molecule has 310 valence electrons. The molecule has 0 saturated heterocycles. The number of hydrogen-bond acceptors (Lipinski definition) is 9. The van der Waals surface area contributed by atoms with Gasteiger partial charge in [0.15, 0.2) is 5.71 Å². The van der Waals surface area contributed by atoms with Gasteiger partial charge < -0.3 is 24.6 Å². The third-order valence-electron chi connectivity index (χ3n) is 10.7. The highest BCUT2D eigenvalue weighted by molar-refractivity contribution is 7.86. The van der Waals surface area contributed by atoms with Crippen LogP contribution in [0.5, 0.6) is 0 Å². The second-order valence-electron chi connectivity index (χ2n) is 15.2. The molecule has 0 atom stereocenters. The lowest BCUT2D eigenvalue weighted by Crippen LogP contribution is -2.28. The summed E-state index contributed by atoms with van der Waals surface area (Å²) >= 11 is 0. The molecule has 0 bridgehead atoms. The number of nitrogens with zero attached hydrogens (tertiary/aromatic N) is 3. The standard InChI is InChI=1S/C35H44N2O10S2.C6H15N/c1-34(2)26-22-24(48(42,43)44)16-18-28(26)36(20-9-5-7-14-32(38)39)30(34)12-11-13-31-35(3,4)27-23-25(49(45,46)47)17-19-29(27)37(31)21-10-6-8-15-33(40)41;1-4-7(5-2)6-3/h11-13,16-19,22-23H,5-10,14-15,20-21H2,1-4H3,(H3-,38,39,40,41,42,43,44,45,46,47);4-6H2,1-3H3. The summed E-state index contributed by atoms with van der Waals surface area (Å²) in [6, 6.07) is 8.86. The van der Waals surface area contributed by atoms with Crippen molar-refractivity contribution >= 4 is 49.3 Å². The molecular formula is C41H59N3O10S2. The number of carboxylic acid groups (broad SMARTS) is 2. The van der Waals surface area contributed by atoms with Crippen molar-refractivity contribution in [2.45, 2.75) is 120 Å². The van der Waals surface area contributed by atoms with Gasteiger partial charge in [0.1, 0.15) is 16.7 Å². The SMILES string of the molecule is CC1(C)C(/C=C/C=C2/N(CCCCCC(=O)O)c3ccc(S(=O)(=O)O)cc3C2(C)C)=[N+](CCCCCC(=O)O)c2ccc(S(=O)(=O)[O-])cc21.CCN(CC)CC. The highest BCUT2D eigenvalue weighted by Crippen LogP contribution is 2.49. The van der Waals surface area contributed by atoms with Crippen molar-refractivity contribution in [3.63, 3.8) is 0 Å². The largest absolute Gasteiger partial charge is 0.744 e. The maximum atomic E-state index is 12.0. The van der Waals surface area contributed by atoms with Crippen molar-refractivity contribution in [3.8, 4) is 0 Å². The van der Waals surface area contributed by atoms with E-state index in [4.69, 9.17) is 10.2 Å². The molecule has 0 aliphatic carbocycles. The first kappa shape index (κ1) is 46.5. The Hall–Kier alpha value is -3.89. The normalized spacial score (nSPS) is 16.7. The van der Waals surface area contributed by atoms with Gasteiger partial charge in [0, 0.05) is 60.3 Å². The lowest BCUT2D eigenvalue weighted by molar-refractivity contribution is -0.438. The number of aliphatic carboxylic acids is 2. The fourth-order valence-corrected chi connectivity index (χ4v) is 8.46. The minimum absolute atomic E-state index is 0.0663. The molecule has 0 unspecified atom stereocenters. The zero-order chi connectivity index (χ0) is 42.1. The van der Waals surface area contributed by atoms with Crippen LogP contribution in [0.15, 0.2) is 70.1 Å². The van der Waals surface area contributed by atoms with Gasteiger partial charge >= 0.3 is 11.9 Å². The van der Waals surface area contributed by atoms with Gasteiger partial charge in [-0.3, -0.25) is 14.1 Å². The van der Waals surface area contributed by atoms with E-state index in [0.29, 0.717) is 62.7 Å². The molecule has 0 spiro atoms. The number of anilines is 1. The molecule has 2 aromatic carbocycles. The van der Waals surface area contributed by atoms with E-state index in [1.54, 1.807) is 12.1 Å². The number of rotatable bonds is 19. The first-order valence-corrected chi connectivity index (χ1v) is 22.2. The van der Waals surface area contributed by atoms with Crippen LogP contribution in [0.3, 0.4) is 0 Å². The van der Waals surface area contributed by atoms with Crippen LogP contribution < -0.4 is 4.90 Å². The van der Waals surface area contributed by atoms with E-state index in [1.165, 1.54) is 43.9 Å². The van der Waals surface area contributed by atoms with Crippen LogP contribution >= 0.6 is 0 Å². The number of unbranched alkanes of at least 4 members (excludes halogenated alkanes) is 4. The van der Waals surface area contributed by atoms with Gasteiger partial charge in [0.25, 0.3) is 10.1 Å². The van der Waals surface area contributed by atoms with Crippen LogP contribution in [0.2, 0.25) is 0 Å². The van der Waals surface area contributed by atoms with Crippen molar-refractivity contribution < 1.29 is 50.3 Å². The molecule has 2 aliphatic heterocycles. The summed E-state index contributed by atoms with van der Waals surface area (Å²) in [4.78, 5) is 25.9. The van der Waals surface area contributed by atoms with Crippen molar-refractivity contribution in [3.05, 3.63) is 71.5 Å². The van der Waals surface area contributed by atoms with E-state index in [9.17, 15) is 35.5 Å². The quantitative estimate of drug-likeness (QED) is 0.0741. The van der Waals surface area contributed by atoms with Crippen molar-refractivity contribution in [2.24, 2.45) is 0 Å². The molecule has 0 fully saturated rings. The van der Waals surface area contributed by atoms with Gasteiger partial charge in [-0.25, -0.2) is 8.42 Å². The highest BCUT2D eigenvalue weighted by Gasteiger charge is 2.45. The Bertz CT molecular complexity index is 2040. The monoisotopic (exact) mass is 817 g/mol. The van der Waals surface area contributed by atoms with Crippen LogP contribution in [0.4, 0.5) is 11.4 Å². The third kappa shape index (κ3) is 11.6. The molecule has 0 amide bonds. The number of carbonyl (C=O) groups is 2. The summed E-state index contributed by atoms with van der Waals surface area (Å²) in [6.45, 7) is 19.0. The molecule has 13 nitrogen and oxygen atoms in total. The minimum Gasteiger partial charge on any atom is -0.744 e. The minimum atomic E-state index is -4.69. The summed E-state index contributed by atoms with van der Waals surface area (Å²) in [5.74, 6) is -1.71. The van der Waals surface area contributed by atoms with E-state index >= 15 is 0 Å². The lowest BCUT2D eigenvalue weighted by Gasteiger charge is -2.27. The van der Waals surface area contributed by atoms with Crippen LogP contribution in [-0.4, -0.2) is 96.0 Å². The highest BCUT2D eigenvalue weighted by atomic mass is 32.2. The van der Waals surface area contributed by atoms with Crippen LogP contribution in [0, 0.1) is 0 Å². The first-order valence-electron chi connectivity index (χ1n) is 19.3. The molecule has 56 heavy (non-hydrogen) atoms. The zero-order valence-electron chi connectivity index (χ0n) is 33.7. The van der Waals surface area contributed by atoms with Gasteiger partial charge in [0.05, 0.1) is 15.2 Å². The third-order valence-corrected chi connectivity index (χ3v) is 12.4. The molecule has 2 aliphatic rings. The maximum Gasteiger partial charge on any atom is 0.303 e. The van der Waals surface area contributed by atoms with Crippen LogP contribution in [0.25, 0.3) is 0 Å². The van der Waals surface area contributed by atoms with Gasteiger partial charge in [-0.15, -0.1) is 0 Å².